The zero-order valence-corrected chi connectivity index (χ0v) is 19.1. The summed E-state index contributed by atoms with van der Waals surface area (Å²) in [6.45, 7) is 9.34. The van der Waals surface area contributed by atoms with E-state index in [2.05, 4.69) is 81.2 Å². The quantitative estimate of drug-likeness (QED) is 0.342. The van der Waals surface area contributed by atoms with Gasteiger partial charge in [0.15, 0.2) is 0 Å². The minimum atomic E-state index is -1.21. The standard InChI is InChI=1S/C19H21Si.2ClH.Zr/c1-14-12-16-6-5-7-18(19(16)13-14)15-8-10-17(11-9-15)20(2,3)4;;;/h5-13H,1-4H3;2*1H;/q-1;;;. The van der Waals surface area contributed by atoms with Crippen LogP contribution in [0.5, 0.6) is 0 Å². The normalized spacial score (nSPS) is 10.4. The zero-order valence-electron chi connectivity index (χ0n) is 14.0. The molecule has 0 saturated heterocycles. The van der Waals surface area contributed by atoms with Crippen LogP contribution in [0.2, 0.25) is 19.6 Å². The molecule has 0 radical (unpaired) electrons. The topological polar surface area (TPSA) is 0 Å². The van der Waals surface area contributed by atoms with Crippen LogP contribution in [-0.4, -0.2) is 8.07 Å². The van der Waals surface area contributed by atoms with Gasteiger partial charge in [-0.15, -0.1) is 59.3 Å². The molecule has 0 bridgehead atoms. The molecular weight excluding hydrogens is 418 g/mol. The van der Waals surface area contributed by atoms with Crippen molar-refractivity contribution in [1.29, 1.82) is 0 Å². The van der Waals surface area contributed by atoms with Crippen LogP contribution in [0.25, 0.3) is 21.9 Å². The average molecular weight is 442 g/mol. The first kappa shape index (κ1) is 22.7. The number of rotatable bonds is 2. The maximum Gasteiger partial charge on any atom is 0.0775 e. The molecule has 3 rings (SSSR count). The van der Waals surface area contributed by atoms with Crippen molar-refractivity contribution >= 4 is 48.8 Å². The molecule has 122 valence electrons. The first-order chi connectivity index (χ1) is 9.45. The Labute approximate surface area is 172 Å². The van der Waals surface area contributed by atoms with E-state index in [-0.39, 0.29) is 51.0 Å². The Hall–Kier alpha value is -0.270. The maximum atomic E-state index is 2.39. The third-order valence-electron chi connectivity index (χ3n) is 3.96. The molecular formula is C19H23Cl2SiZr-. The van der Waals surface area contributed by atoms with Crippen LogP contribution >= 0.6 is 24.8 Å². The van der Waals surface area contributed by atoms with Gasteiger partial charge in [-0.1, -0.05) is 67.6 Å². The molecule has 0 aliphatic heterocycles. The van der Waals surface area contributed by atoms with Crippen molar-refractivity contribution in [3.63, 3.8) is 0 Å². The summed E-state index contributed by atoms with van der Waals surface area (Å²) in [5, 5.41) is 4.23. The van der Waals surface area contributed by atoms with Crippen molar-refractivity contribution in [2.24, 2.45) is 0 Å². The van der Waals surface area contributed by atoms with Crippen molar-refractivity contribution < 1.29 is 26.2 Å². The Balaban J connectivity index is 0.00000161. The van der Waals surface area contributed by atoms with Crippen LogP contribution in [0.1, 0.15) is 5.56 Å². The number of benzene rings is 2. The maximum absolute atomic E-state index is 2.39. The SMILES string of the molecule is Cc1cc2c(-c3ccc([Si](C)(C)C)cc3)cccc2[cH-]1.Cl.Cl.[Zr]. The molecule has 0 atom stereocenters. The predicted octanol–water partition coefficient (Wildman–Crippen LogP) is 5.92. The third kappa shape index (κ3) is 4.86. The second-order valence-corrected chi connectivity index (χ2v) is 11.7. The van der Waals surface area contributed by atoms with E-state index in [4.69, 9.17) is 0 Å². The summed E-state index contributed by atoms with van der Waals surface area (Å²) >= 11 is 0. The second kappa shape index (κ2) is 8.72. The zero-order chi connectivity index (χ0) is 14.3. The Morgan fingerprint density at radius 2 is 1.48 bits per heavy atom. The first-order valence-corrected chi connectivity index (χ1v) is 10.7. The summed E-state index contributed by atoms with van der Waals surface area (Å²) in [6.07, 6.45) is 0. The van der Waals surface area contributed by atoms with Gasteiger partial charge in [-0.25, -0.2) is 0 Å². The van der Waals surface area contributed by atoms with Gasteiger partial charge < -0.3 is 0 Å². The molecule has 0 aliphatic rings. The number of hydrogen-bond donors (Lipinski definition) is 0. The van der Waals surface area contributed by atoms with Crippen LogP contribution < -0.4 is 5.19 Å². The van der Waals surface area contributed by atoms with Crippen molar-refractivity contribution in [2.45, 2.75) is 26.6 Å². The van der Waals surface area contributed by atoms with Gasteiger partial charge in [0.25, 0.3) is 0 Å². The van der Waals surface area contributed by atoms with E-state index < -0.39 is 8.07 Å². The smallest absolute Gasteiger partial charge is 0.0775 e. The fourth-order valence-corrected chi connectivity index (χ4v) is 3.95. The largest absolute Gasteiger partial charge is 0.165 e. The van der Waals surface area contributed by atoms with Gasteiger partial charge in [-0.3, -0.25) is 0 Å². The Kier molecular flexibility index (Phi) is 8.61. The molecule has 0 nitrogen and oxygen atoms in total. The summed E-state index contributed by atoms with van der Waals surface area (Å²) in [5.41, 5.74) is 4.01. The van der Waals surface area contributed by atoms with E-state index in [1.54, 1.807) is 0 Å². The van der Waals surface area contributed by atoms with E-state index in [9.17, 15) is 0 Å². The Morgan fingerprint density at radius 1 is 0.870 bits per heavy atom. The molecule has 0 N–H and O–H groups in total. The minimum Gasteiger partial charge on any atom is -0.165 e. The molecule has 0 aliphatic carbocycles. The summed E-state index contributed by atoms with van der Waals surface area (Å²) in [6, 6.07) is 20.3. The van der Waals surface area contributed by atoms with Gasteiger partial charge in [0.05, 0.1) is 8.07 Å². The van der Waals surface area contributed by atoms with E-state index in [0.717, 1.165) is 0 Å². The molecule has 3 aromatic carbocycles. The molecule has 0 aromatic heterocycles. The second-order valence-electron chi connectivity index (χ2n) is 6.67. The van der Waals surface area contributed by atoms with Gasteiger partial charge in [0.2, 0.25) is 0 Å². The number of halogens is 2. The molecule has 23 heavy (non-hydrogen) atoms. The molecule has 0 amide bonds. The molecule has 0 saturated carbocycles. The van der Waals surface area contributed by atoms with Gasteiger partial charge in [-0.2, -0.15) is 6.07 Å². The van der Waals surface area contributed by atoms with E-state index >= 15 is 0 Å². The van der Waals surface area contributed by atoms with Crippen LogP contribution in [0.3, 0.4) is 0 Å². The Bertz CT molecular complexity index is 755. The van der Waals surface area contributed by atoms with Gasteiger partial charge in [0, 0.05) is 26.2 Å². The summed E-state index contributed by atoms with van der Waals surface area (Å²) < 4.78 is 0. The molecule has 4 heteroatoms. The Morgan fingerprint density at radius 3 is 2.04 bits per heavy atom. The summed E-state index contributed by atoms with van der Waals surface area (Å²) in [7, 11) is -1.21. The van der Waals surface area contributed by atoms with Crippen LogP contribution in [-0.2, 0) is 26.2 Å². The van der Waals surface area contributed by atoms with Crippen molar-refractivity contribution in [3.8, 4) is 11.1 Å². The van der Waals surface area contributed by atoms with E-state index in [1.165, 1.54) is 32.6 Å². The minimum absolute atomic E-state index is 0. The third-order valence-corrected chi connectivity index (χ3v) is 6.02. The average Bonchev–Trinajstić information content (AvgIpc) is 2.78. The number of aryl methyl sites for hydroxylation is 1. The van der Waals surface area contributed by atoms with Crippen molar-refractivity contribution in [1.82, 2.24) is 0 Å². The number of hydrogen-bond acceptors (Lipinski definition) is 0. The van der Waals surface area contributed by atoms with Crippen LogP contribution in [0.15, 0.2) is 54.6 Å². The molecule has 0 fully saturated rings. The van der Waals surface area contributed by atoms with E-state index in [0.29, 0.717) is 0 Å². The molecule has 0 heterocycles. The molecule has 3 aromatic rings. The molecule has 0 unspecified atom stereocenters. The van der Waals surface area contributed by atoms with Gasteiger partial charge >= 0.3 is 0 Å². The van der Waals surface area contributed by atoms with Gasteiger partial charge in [-0.05, 0) is 5.56 Å². The van der Waals surface area contributed by atoms with Crippen molar-refractivity contribution in [3.05, 3.63) is 60.2 Å². The monoisotopic (exact) mass is 439 g/mol. The fourth-order valence-electron chi connectivity index (χ4n) is 2.79. The van der Waals surface area contributed by atoms with E-state index in [1.807, 2.05) is 0 Å². The predicted molar refractivity (Wildman–Crippen MR) is 107 cm³/mol. The molecule has 0 spiro atoms. The number of fused-ring (bicyclic) bond motifs is 1. The van der Waals surface area contributed by atoms with Gasteiger partial charge in [0.1, 0.15) is 0 Å². The summed E-state index contributed by atoms with van der Waals surface area (Å²) in [4.78, 5) is 0. The fraction of sp³-hybridized carbons (Fsp3) is 0.211. The summed E-state index contributed by atoms with van der Waals surface area (Å²) in [5.74, 6) is 0. The first-order valence-electron chi connectivity index (χ1n) is 7.22. The van der Waals surface area contributed by atoms with Crippen molar-refractivity contribution in [2.75, 3.05) is 0 Å². The van der Waals surface area contributed by atoms with Crippen LogP contribution in [0, 0.1) is 6.92 Å². The van der Waals surface area contributed by atoms with Crippen LogP contribution in [0.4, 0.5) is 0 Å².